The highest BCUT2D eigenvalue weighted by Crippen LogP contribution is 2.19. The minimum atomic E-state index is -0.0489. The van der Waals surface area contributed by atoms with Crippen LogP contribution in [0.3, 0.4) is 0 Å². The van der Waals surface area contributed by atoms with Crippen LogP contribution in [-0.4, -0.2) is 24.4 Å². The first-order valence-corrected chi connectivity index (χ1v) is 5.29. The van der Waals surface area contributed by atoms with Gasteiger partial charge in [-0.15, -0.1) is 0 Å². The van der Waals surface area contributed by atoms with Gasteiger partial charge in [0.1, 0.15) is 5.15 Å². The van der Waals surface area contributed by atoms with E-state index in [9.17, 15) is 0 Å². The molecule has 2 aromatic rings. The number of aryl methyl sites for hydroxylation is 2. The van der Waals surface area contributed by atoms with Crippen molar-refractivity contribution in [2.45, 2.75) is 20.1 Å². The molecule has 0 bridgehead atoms. The van der Waals surface area contributed by atoms with Crippen LogP contribution in [0.25, 0.3) is 0 Å². The molecule has 0 aliphatic carbocycles. The Labute approximate surface area is 98.3 Å². The molecule has 16 heavy (non-hydrogen) atoms. The fourth-order valence-corrected chi connectivity index (χ4v) is 1.84. The Balaban J connectivity index is 2.26. The highest BCUT2D eigenvalue weighted by molar-refractivity contribution is 6.30. The van der Waals surface area contributed by atoms with E-state index >= 15 is 0 Å². The van der Waals surface area contributed by atoms with Gasteiger partial charge in [0.2, 0.25) is 0 Å². The van der Waals surface area contributed by atoms with Crippen LogP contribution in [0.5, 0.6) is 0 Å². The number of aromatic nitrogens is 4. The maximum Gasteiger partial charge on any atom is 0.131 e. The van der Waals surface area contributed by atoms with Gasteiger partial charge in [-0.3, -0.25) is 4.68 Å². The molecule has 0 spiro atoms. The summed E-state index contributed by atoms with van der Waals surface area (Å²) >= 11 is 6.12. The van der Waals surface area contributed by atoms with Crippen LogP contribution >= 0.6 is 11.6 Å². The Morgan fingerprint density at radius 3 is 2.75 bits per heavy atom. The first kappa shape index (κ1) is 11.2. The fourth-order valence-electron chi connectivity index (χ4n) is 1.61. The van der Waals surface area contributed by atoms with Gasteiger partial charge in [-0.25, -0.2) is 4.98 Å². The molecule has 86 valence electrons. The van der Waals surface area contributed by atoms with Gasteiger partial charge in [0, 0.05) is 18.8 Å². The monoisotopic (exact) mass is 240 g/mol. The molecule has 0 unspecified atom stereocenters. The smallest absolute Gasteiger partial charge is 0.131 e. The van der Waals surface area contributed by atoms with E-state index in [1.165, 1.54) is 0 Å². The highest BCUT2D eigenvalue weighted by Gasteiger charge is 2.11. The Hall–Kier alpha value is -1.33. The lowest BCUT2D eigenvalue weighted by molar-refractivity contribution is 0.277. The molecule has 2 rings (SSSR count). The third kappa shape index (κ3) is 1.96. The summed E-state index contributed by atoms with van der Waals surface area (Å²) in [7, 11) is 1.81. The van der Waals surface area contributed by atoms with Crippen molar-refractivity contribution in [3.63, 3.8) is 0 Å². The van der Waals surface area contributed by atoms with Crippen LogP contribution in [0.2, 0.25) is 5.15 Å². The molecular weight excluding hydrogens is 228 g/mol. The lowest BCUT2D eigenvalue weighted by Crippen LogP contribution is -1.98. The molecule has 0 saturated heterocycles. The predicted molar refractivity (Wildman–Crippen MR) is 60.2 cm³/mol. The van der Waals surface area contributed by atoms with E-state index in [4.69, 9.17) is 16.7 Å². The van der Waals surface area contributed by atoms with Crippen molar-refractivity contribution in [1.29, 1.82) is 0 Å². The van der Waals surface area contributed by atoms with Gasteiger partial charge in [-0.1, -0.05) is 11.6 Å². The van der Waals surface area contributed by atoms with Crippen molar-refractivity contribution < 1.29 is 5.11 Å². The molecule has 0 aliphatic rings. The summed E-state index contributed by atoms with van der Waals surface area (Å²) in [4.78, 5) is 4.04. The van der Waals surface area contributed by atoms with Crippen LogP contribution in [-0.2, 0) is 20.2 Å². The van der Waals surface area contributed by atoms with Crippen molar-refractivity contribution in [2.75, 3.05) is 0 Å². The molecule has 0 saturated carbocycles. The van der Waals surface area contributed by atoms with Crippen molar-refractivity contribution in [3.8, 4) is 0 Å². The lowest BCUT2D eigenvalue weighted by atomic mass is 10.2. The summed E-state index contributed by atoms with van der Waals surface area (Å²) in [6.45, 7) is 2.49. The molecule has 0 aromatic carbocycles. The summed E-state index contributed by atoms with van der Waals surface area (Å²) in [5, 5.41) is 13.8. The number of hydrogen-bond acceptors (Lipinski definition) is 3. The normalized spacial score (nSPS) is 11.0. The molecule has 0 aliphatic heterocycles. The average Bonchev–Trinajstić information content (AvgIpc) is 2.80. The van der Waals surface area contributed by atoms with E-state index in [0.717, 1.165) is 11.3 Å². The maximum atomic E-state index is 8.91. The standard InChI is InChI=1S/C10H13ClN4O/c1-7-9(10(11)14(2)13-7)4-15-3-8(5-16)12-6-15/h3,6,16H,4-5H2,1-2H3. The second-order valence-electron chi connectivity index (χ2n) is 3.67. The molecule has 0 amide bonds. The summed E-state index contributed by atoms with van der Waals surface area (Å²) in [6.07, 6.45) is 3.47. The molecule has 5 nitrogen and oxygen atoms in total. The molecule has 0 atom stereocenters. The summed E-state index contributed by atoms with van der Waals surface area (Å²) in [5.41, 5.74) is 2.54. The van der Waals surface area contributed by atoms with Crippen molar-refractivity contribution >= 4 is 11.6 Å². The fraction of sp³-hybridized carbons (Fsp3) is 0.400. The average molecular weight is 241 g/mol. The number of imidazole rings is 1. The number of halogens is 1. The topological polar surface area (TPSA) is 55.9 Å². The van der Waals surface area contributed by atoms with Gasteiger partial charge in [-0.2, -0.15) is 5.10 Å². The van der Waals surface area contributed by atoms with Crippen LogP contribution < -0.4 is 0 Å². The molecular formula is C10H13ClN4O. The Kier molecular flexibility index (Phi) is 2.98. The maximum absolute atomic E-state index is 8.91. The van der Waals surface area contributed by atoms with E-state index in [2.05, 4.69) is 10.1 Å². The Morgan fingerprint density at radius 2 is 2.25 bits per heavy atom. The molecule has 2 aromatic heterocycles. The molecule has 0 fully saturated rings. The first-order chi connectivity index (χ1) is 7.61. The summed E-state index contributed by atoms with van der Waals surface area (Å²) < 4.78 is 3.53. The van der Waals surface area contributed by atoms with Crippen LogP contribution in [0.15, 0.2) is 12.5 Å². The zero-order valence-electron chi connectivity index (χ0n) is 9.18. The van der Waals surface area contributed by atoms with Crippen molar-refractivity contribution in [2.24, 2.45) is 7.05 Å². The summed E-state index contributed by atoms with van der Waals surface area (Å²) in [5.74, 6) is 0. The minimum absolute atomic E-state index is 0.0489. The zero-order chi connectivity index (χ0) is 11.7. The van der Waals surface area contributed by atoms with Crippen LogP contribution in [0.1, 0.15) is 17.0 Å². The minimum Gasteiger partial charge on any atom is -0.390 e. The number of aliphatic hydroxyl groups excluding tert-OH is 1. The van der Waals surface area contributed by atoms with Crippen molar-refractivity contribution in [3.05, 3.63) is 34.6 Å². The van der Waals surface area contributed by atoms with Gasteiger partial charge < -0.3 is 9.67 Å². The van der Waals surface area contributed by atoms with Crippen LogP contribution in [0, 0.1) is 6.92 Å². The summed E-state index contributed by atoms with van der Waals surface area (Å²) in [6, 6.07) is 0. The number of rotatable bonds is 3. The van der Waals surface area contributed by atoms with E-state index in [0.29, 0.717) is 17.4 Å². The van der Waals surface area contributed by atoms with Crippen molar-refractivity contribution in [1.82, 2.24) is 19.3 Å². The molecule has 2 heterocycles. The largest absolute Gasteiger partial charge is 0.390 e. The number of aliphatic hydroxyl groups is 1. The second kappa shape index (κ2) is 4.27. The van der Waals surface area contributed by atoms with Gasteiger partial charge in [0.15, 0.2) is 0 Å². The third-order valence-electron chi connectivity index (χ3n) is 2.46. The van der Waals surface area contributed by atoms with E-state index in [1.807, 2.05) is 18.5 Å². The number of hydrogen-bond donors (Lipinski definition) is 1. The SMILES string of the molecule is Cc1nn(C)c(Cl)c1Cn1cnc(CO)c1. The van der Waals surface area contributed by atoms with Crippen LogP contribution in [0.4, 0.5) is 0 Å². The lowest BCUT2D eigenvalue weighted by Gasteiger charge is -2.01. The van der Waals surface area contributed by atoms with Gasteiger partial charge in [-0.05, 0) is 6.92 Å². The predicted octanol–water partition coefficient (Wildman–Crippen LogP) is 1.12. The molecule has 1 N–H and O–H groups in total. The first-order valence-electron chi connectivity index (χ1n) is 4.91. The third-order valence-corrected chi connectivity index (χ3v) is 2.93. The van der Waals surface area contributed by atoms with Gasteiger partial charge in [0.25, 0.3) is 0 Å². The van der Waals surface area contributed by atoms with E-state index < -0.39 is 0 Å². The second-order valence-corrected chi connectivity index (χ2v) is 4.03. The Morgan fingerprint density at radius 1 is 1.50 bits per heavy atom. The van der Waals surface area contributed by atoms with E-state index in [1.54, 1.807) is 17.2 Å². The number of nitrogens with zero attached hydrogens (tertiary/aromatic N) is 4. The van der Waals surface area contributed by atoms with E-state index in [-0.39, 0.29) is 6.61 Å². The highest BCUT2D eigenvalue weighted by atomic mass is 35.5. The van der Waals surface area contributed by atoms with Gasteiger partial charge >= 0.3 is 0 Å². The Bertz CT molecular complexity index is 503. The van der Waals surface area contributed by atoms with Gasteiger partial charge in [0.05, 0.1) is 30.9 Å². The molecule has 0 radical (unpaired) electrons. The zero-order valence-corrected chi connectivity index (χ0v) is 9.94. The quantitative estimate of drug-likeness (QED) is 0.875. The molecule has 6 heteroatoms.